The number of rotatable bonds is 5. The van der Waals surface area contributed by atoms with E-state index in [1.165, 1.54) is 6.07 Å². The third kappa shape index (κ3) is 4.58. The van der Waals surface area contributed by atoms with Crippen LogP contribution in [0.2, 0.25) is 5.02 Å². The molecule has 180 valence electrons. The first-order valence-corrected chi connectivity index (χ1v) is 12.0. The van der Waals surface area contributed by atoms with Crippen LogP contribution in [0, 0.1) is 18.7 Å². The molecule has 0 radical (unpaired) electrons. The molecule has 0 saturated carbocycles. The van der Waals surface area contributed by atoms with E-state index in [0.717, 1.165) is 12.8 Å². The Bertz CT molecular complexity index is 1380. The Morgan fingerprint density at radius 1 is 1.26 bits per heavy atom. The number of likely N-dealkylation sites (tertiary alicyclic amines) is 1. The number of aryl methyl sites for hydroxylation is 1. The van der Waals surface area contributed by atoms with Gasteiger partial charge >= 0.3 is 0 Å². The number of fused-ring (bicyclic) bond motifs is 1. The highest BCUT2D eigenvalue weighted by molar-refractivity contribution is 6.31. The molecule has 0 bridgehead atoms. The van der Waals surface area contributed by atoms with E-state index < -0.39 is 5.82 Å². The van der Waals surface area contributed by atoms with Crippen molar-refractivity contribution in [2.45, 2.75) is 32.7 Å². The molecule has 2 aromatic carbocycles. The van der Waals surface area contributed by atoms with E-state index in [1.54, 1.807) is 42.7 Å². The lowest BCUT2D eigenvalue weighted by atomic mass is 9.89. The molecule has 2 aromatic heterocycles. The zero-order chi connectivity index (χ0) is 24.5. The third-order valence-electron chi connectivity index (χ3n) is 6.55. The number of anilines is 1. The molecular formula is C26H25ClFN5O2. The summed E-state index contributed by atoms with van der Waals surface area (Å²) in [4.78, 5) is 28.6. The van der Waals surface area contributed by atoms with E-state index in [0.29, 0.717) is 46.4 Å². The standard InChI is InChI=1S/C26H25ClFN5O2/c1-15-5-3-12-33(20(15)14-31-26-32-19-13-17(27)7-9-21(19)35-26)25(34)22-16(2)6-8-18(28)23(22)24-29-10-4-11-30-24/h4,6-11,13,15,20H,3,5,12,14H2,1-2H3,(H,31,32). The predicted octanol–water partition coefficient (Wildman–Crippen LogP) is 5.74. The van der Waals surface area contributed by atoms with Gasteiger partial charge in [-0.2, -0.15) is 4.98 Å². The Morgan fingerprint density at radius 2 is 2.06 bits per heavy atom. The molecule has 1 aliphatic heterocycles. The van der Waals surface area contributed by atoms with Gasteiger partial charge in [-0.3, -0.25) is 4.79 Å². The third-order valence-corrected chi connectivity index (χ3v) is 6.79. The van der Waals surface area contributed by atoms with E-state index in [-0.39, 0.29) is 29.3 Å². The number of halogens is 2. The van der Waals surface area contributed by atoms with Gasteiger partial charge < -0.3 is 14.6 Å². The fraction of sp³-hybridized carbons (Fsp3) is 0.308. The number of piperidine rings is 1. The topological polar surface area (TPSA) is 84.2 Å². The average molecular weight is 494 g/mol. The van der Waals surface area contributed by atoms with Crippen LogP contribution < -0.4 is 5.32 Å². The van der Waals surface area contributed by atoms with Gasteiger partial charge in [0.15, 0.2) is 11.4 Å². The fourth-order valence-corrected chi connectivity index (χ4v) is 4.89. The quantitative estimate of drug-likeness (QED) is 0.381. The van der Waals surface area contributed by atoms with Gasteiger partial charge in [0.1, 0.15) is 11.3 Å². The number of amides is 1. The van der Waals surface area contributed by atoms with Gasteiger partial charge in [0.05, 0.1) is 17.2 Å². The number of nitrogens with zero attached hydrogens (tertiary/aromatic N) is 4. The normalized spacial score (nSPS) is 18.1. The fourth-order valence-electron chi connectivity index (χ4n) is 4.73. The van der Waals surface area contributed by atoms with E-state index in [2.05, 4.69) is 27.2 Å². The Hall–Kier alpha value is -3.52. The van der Waals surface area contributed by atoms with Crippen LogP contribution in [0.4, 0.5) is 10.4 Å². The molecule has 1 amide bonds. The zero-order valence-electron chi connectivity index (χ0n) is 19.5. The summed E-state index contributed by atoms with van der Waals surface area (Å²) in [5, 5.41) is 3.83. The molecular weight excluding hydrogens is 469 g/mol. The molecule has 5 rings (SSSR count). The summed E-state index contributed by atoms with van der Waals surface area (Å²) in [5.74, 6) is -0.326. The number of aromatic nitrogens is 3. The SMILES string of the molecule is Cc1ccc(F)c(-c2ncccn2)c1C(=O)N1CCCC(C)C1CNc1nc2cc(Cl)ccc2o1. The first-order valence-electron chi connectivity index (χ1n) is 11.6. The van der Waals surface area contributed by atoms with Crippen molar-refractivity contribution in [1.29, 1.82) is 0 Å². The highest BCUT2D eigenvalue weighted by Gasteiger charge is 2.35. The second kappa shape index (κ2) is 9.62. The maximum Gasteiger partial charge on any atom is 0.295 e. The Morgan fingerprint density at radius 3 is 2.86 bits per heavy atom. The number of nitrogens with one attached hydrogen (secondary N) is 1. The summed E-state index contributed by atoms with van der Waals surface area (Å²) in [6.07, 6.45) is 4.94. The summed E-state index contributed by atoms with van der Waals surface area (Å²) in [7, 11) is 0. The molecule has 0 spiro atoms. The smallest absolute Gasteiger partial charge is 0.295 e. The lowest BCUT2D eigenvalue weighted by molar-refractivity contribution is 0.0539. The van der Waals surface area contributed by atoms with Crippen LogP contribution in [-0.4, -0.2) is 44.9 Å². The maximum absolute atomic E-state index is 15.0. The van der Waals surface area contributed by atoms with Crippen molar-refractivity contribution in [3.05, 3.63) is 70.8 Å². The van der Waals surface area contributed by atoms with Crippen LogP contribution in [-0.2, 0) is 0 Å². The molecule has 1 aliphatic rings. The van der Waals surface area contributed by atoms with Crippen LogP contribution in [0.5, 0.6) is 0 Å². The van der Waals surface area contributed by atoms with E-state index >= 15 is 4.39 Å². The number of hydrogen-bond donors (Lipinski definition) is 1. The summed E-state index contributed by atoms with van der Waals surface area (Å²) in [6, 6.07) is 10.1. The second-order valence-corrected chi connectivity index (χ2v) is 9.32. The second-order valence-electron chi connectivity index (χ2n) is 8.88. The highest BCUT2D eigenvalue weighted by Crippen LogP contribution is 2.32. The average Bonchev–Trinajstić information content (AvgIpc) is 3.26. The van der Waals surface area contributed by atoms with Crippen LogP contribution in [0.3, 0.4) is 0 Å². The molecule has 0 aliphatic carbocycles. The van der Waals surface area contributed by atoms with Gasteiger partial charge in [-0.25, -0.2) is 14.4 Å². The maximum atomic E-state index is 15.0. The van der Waals surface area contributed by atoms with Crippen LogP contribution in [0.1, 0.15) is 35.7 Å². The zero-order valence-corrected chi connectivity index (χ0v) is 20.2. The Balaban J connectivity index is 1.45. The Kier molecular flexibility index (Phi) is 6.38. The molecule has 3 heterocycles. The highest BCUT2D eigenvalue weighted by atomic mass is 35.5. The molecule has 9 heteroatoms. The van der Waals surface area contributed by atoms with Crippen molar-refractivity contribution < 1.29 is 13.6 Å². The predicted molar refractivity (Wildman–Crippen MR) is 133 cm³/mol. The molecule has 1 saturated heterocycles. The number of oxazole rings is 1. The van der Waals surface area contributed by atoms with Crippen LogP contribution >= 0.6 is 11.6 Å². The van der Waals surface area contributed by atoms with Crippen LogP contribution in [0.25, 0.3) is 22.5 Å². The van der Waals surface area contributed by atoms with Gasteiger partial charge in [-0.05, 0) is 61.6 Å². The van der Waals surface area contributed by atoms with Gasteiger partial charge in [0.2, 0.25) is 0 Å². The van der Waals surface area contributed by atoms with E-state index in [4.69, 9.17) is 16.0 Å². The van der Waals surface area contributed by atoms with Gasteiger partial charge in [-0.1, -0.05) is 24.6 Å². The number of hydrogen-bond acceptors (Lipinski definition) is 6. The first kappa shape index (κ1) is 23.2. The van der Waals surface area contributed by atoms with E-state index in [9.17, 15) is 4.79 Å². The molecule has 35 heavy (non-hydrogen) atoms. The van der Waals surface area contributed by atoms with Gasteiger partial charge in [0, 0.05) is 30.5 Å². The molecule has 1 fully saturated rings. The largest absolute Gasteiger partial charge is 0.424 e. The van der Waals surface area contributed by atoms with Crippen molar-refractivity contribution in [2.75, 3.05) is 18.4 Å². The van der Waals surface area contributed by atoms with Crippen molar-refractivity contribution in [2.24, 2.45) is 5.92 Å². The molecule has 7 nitrogen and oxygen atoms in total. The Labute approximate surface area is 207 Å². The lowest BCUT2D eigenvalue weighted by Crippen LogP contribution is -2.51. The minimum atomic E-state index is -0.519. The van der Waals surface area contributed by atoms with Gasteiger partial charge in [0.25, 0.3) is 11.9 Å². The van der Waals surface area contributed by atoms with Crippen LogP contribution in [0.15, 0.2) is 53.2 Å². The molecule has 1 N–H and O–H groups in total. The summed E-state index contributed by atoms with van der Waals surface area (Å²) in [5.41, 5.74) is 2.40. The molecule has 2 unspecified atom stereocenters. The van der Waals surface area contributed by atoms with Crippen molar-refractivity contribution in [1.82, 2.24) is 19.9 Å². The summed E-state index contributed by atoms with van der Waals surface area (Å²) in [6.45, 7) is 4.95. The van der Waals surface area contributed by atoms with Crippen molar-refractivity contribution in [3.8, 4) is 11.4 Å². The molecule has 4 aromatic rings. The summed E-state index contributed by atoms with van der Waals surface area (Å²) >= 11 is 6.06. The monoisotopic (exact) mass is 493 g/mol. The number of benzene rings is 2. The van der Waals surface area contributed by atoms with E-state index in [1.807, 2.05) is 11.8 Å². The summed E-state index contributed by atoms with van der Waals surface area (Å²) < 4.78 is 20.8. The number of carbonyl (C=O) groups is 1. The van der Waals surface area contributed by atoms with Gasteiger partial charge in [-0.15, -0.1) is 0 Å². The first-order chi connectivity index (χ1) is 16.9. The number of carbonyl (C=O) groups excluding carboxylic acids is 1. The minimum absolute atomic E-state index is 0.136. The minimum Gasteiger partial charge on any atom is -0.424 e. The lowest BCUT2D eigenvalue weighted by Gasteiger charge is -2.40. The molecule has 2 atom stereocenters. The van der Waals surface area contributed by atoms with Crippen molar-refractivity contribution in [3.63, 3.8) is 0 Å². The van der Waals surface area contributed by atoms with Crippen molar-refractivity contribution >= 4 is 34.6 Å².